The van der Waals surface area contributed by atoms with E-state index in [1.165, 1.54) is 25.7 Å². The molecule has 0 aliphatic rings. The number of anilines is 1. The smallest absolute Gasteiger partial charge is 0.259 e. The fourth-order valence-corrected chi connectivity index (χ4v) is 2.71. The van der Waals surface area contributed by atoms with E-state index in [1.807, 2.05) is 43.3 Å². The summed E-state index contributed by atoms with van der Waals surface area (Å²) < 4.78 is 11.4. The summed E-state index contributed by atoms with van der Waals surface area (Å²) in [6.07, 6.45) is 6.07. The van der Waals surface area contributed by atoms with Gasteiger partial charge in [-0.2, -0.15) is 0 Å². The molecule has 0 aliphatic heterocycles. The third-order valence-electron chi connectivity index (χ3n) is 4.23. The van der Waals surface area contributed by atoms with Crippen molar-refractivity contribution in [2.45, 2.75) is 46.0 Å². The van der Waals surface area contributed by atoms with E-state index in [4.69, 9.17) is 9.47 Å². The molecule has 0 radical (unpaired) electrons. The molecule has 0 saturated carbocycles. The van der Waals surface area contributed by atoms with Crippen LogP contribution in [0.25, 0.3) is 0 Å². The molecule has 1 amide bonds. The third-order valence-corrected chi connectivity index (χ3v) is 4.23. The summed E-state index contributed by atoms with van der Waals surface area (Å²) in [7, 11) is 0. The monoisotopic (exact) mass is 381 g/mol. The van der Waals surface area contributed by atoms with E-state index in [9.17, 15) is 4.79 Å². The van der Waals surface area contributed by atoms with Crippen molar-refractivity contribution in [3.05, 3.63) is 66.2 Å². The molecule has 0 unspecified atom stereocenters. The number of unbranched alkanes of at least 4 members (excludes halogenated alkanes) is 4. The van der Waals surface area contributed by atoms with Crippen LogP contribution in [0, 0.1) is 0 Å². The molecular weight excluding hydrogens is 350 g/mol. The lowest BCUT2D eigenvalue weighted by atomic mass is 10.1. The Morgan fingerprint density at radius 3 is 2.39 bits per heavy atom. The van der Waals surface area contributed by atoms with Crippen LogP contribution in [0.1, 0.15) is 56.3 Å². The van der Waals surface area contributed by atoms with Crippen LogP contribution in [0.2, 0.25) is 0 Å². The summed E-state index contributed by atoms with van der Waals surface area (Å²) in [4.78, 5) is 12.6. The van der Waals surface area contributed by atoms with Gasteiger partial charge in [-0.05, 0) is 55.3 Å². The number of carbonyl (C=O) groups is 1. The Bertz CT molecular complexity index is 753. The zero-order valence-corrected chi connectivity index (χ0v) is 17.0. The van der Waals surface area contributed by atoms with Crippen molar-refractivity contribution in [2.24, 2.45) is 0 Å². The highest BCUT2D eigenvalue weighted by Gasteiger charge is 2.12. The van der Waals surface area contributed by atoms with Gasteiger partial charge in [0.15, 0.2) is 0 Å². The summed E-state index contributed by atoms with van der Waals surface area (Å²) in [5, 5.41) is 2.91. The molecule has 150 valence electrons. The first-order valence-corrected chi connectivity index (χ1v) is 10.0. The molecule has 0 saturated heterocycles. The topological polar surface area (TPSA) is 47.6 Å². The maximum Gasteiger partial charge on any atom is 0.259 e. The van der Waals surface area contributed by atoms with Crippen LogP contribution in [0.5, 0.6) is 11.5 Å². The number of rotatable bonds is 12. The number of amides is 1. The van der Waals surface area contributed by atoms with Gasteiger partial charge in [-0.3, -0.25) is 4.79 Å². The second kappa shape index (κ2) is 11.9. The quantitative estimate of drug-likeness (QED) is 0.349. The van der Waals surface area contributed by atoms with Crippen LogP contribution >= 0.6 is 0 Å². The van der Waals surface area contributed by atoms with E-state index in [1.54, 1.807) is 12.1 Å². The Balaban J connectivity index is 1.86. The van der Waals surface area contributed by atoms with Gasteiger partial charge in [-0.25, -0.2) is 0 Å². The minimum absolute atomic E-state index is 0.207. The van der Waals surface area contributed by atoms with Crippen LogP contribution in [0.4, 0.5) is 5.69 Å². The summed E-state index contributed by atoms with van der Waals surface area (Å²) in [5.74, 6) is 1.16. The van der Waals surface area contributed by atoms with Gasteiger partial charge in [-0.1, -0.05) is 51.3 Å². The van der Waals surface area contributed by atoms with Crippen LogP contribution < -0.4 is 14.8 Å². The summed E-state index contributed by atoms with van der Waals surface area (Å²) >= 11 is 0. The number of hydrogen-bond acceptors (Lipinski definition) is 3. The second-order valence-corrected chi connectivity index (χ2v) is 6.98. The van der Waals surface area contributed by atoms with Crippen molar-refractivity contribution in [2.75, 3.05) is 18.5 Å². The minimum atomic E-state index is -0.207. The SMILES string of the molecule is C=C(C)COc1ccccc1C(=O)Nc1ccc(OCCCCCCC)cc1. The molecule has 2 aromatic rings. The average molecular weight is 382 g/mol. The number of benzene rings is 2. The minimum Gasteiger partial charge on any atom is -0.494 e. The number of ether oxygens (including phenoxy) is 2. The van der Waals surface area contributed by atoms with Gasteiger partial charge in [0.25, 0.3) is 5.91 Å². The van der Waals surface area contributed by atoms with E-state index in [-0.39, 0.29) is 5.91 Å². The molecule has 1 N–H and O–H groups in total. The predicted octanol–water partition coefficient (Wildman–Crippen LogP) is 6.24. The van der Waals surface area contributed by atoms with Gasteiger partial charge < -0.3 is 14.8 Å². The summed E-state index contributed by atoms with van der Waals surface area (Å²) in [6, 6.07) is 14.7. The van der Waals surface area contributed by atoms with Crippen molar-refractivity contribution in [3.63, 3.8) is 0 Å². The molecule has 0 atom stereocenters. The maximum absolute atomic E-state index is 12.6. The Morgan fingerprint density at radius 2 is 1.68 bits per heavy atom. The fourth-order valence-electron chi connectivity index (χ4n) is 2.71. The number of carbonyl (C=O) groups excluding carboxylic acids is 1. The molecular formula is C24H31NO3. The van der Waals surface area contributed by atoms with E-state index < -0.39 is 0 Å². The predicted molar refractivity (Wildman–Crippen MR) is 115 cm³/mol. The van der Waals surface area contributed by atoms with Crippen LogP contribution in [0.3, 0.4) is 0 Å². The fraction of sp³-hybridized carbons (Fsp3) is 0.375. The van der Waals surface area contributed by atoms with E-state index in [0.29, 0.717) is 17.9 Å². The highest BCUT2D eigenvalue weighted by molar-refractivity contribution is 6.06. The lowest BCUT2D eigenvalue weighted by molar-refractivity contribution is 0.102. The zero-order valence-electron chi connectivity index (χ0n) is 17.0. The van der Waals surface area contributed by atoms with Crippen molar-refractivity contribution in [3.8, 4) is 11.5 Å². The molecule has 0 bridgehead atoms. The largest absolute Gasteiger partial charge is 0.494 e. The average Bonchev–Trinajstić information content (AvgIpc) is 2.70. The molecule has 0 spiro atoms. The normalized spacial score (nSPS) is 10.4. The number of nitrogens with one attached hydrogen (secondary N) is 1. The van der Waals surface area contributed by atoms with Gasteiger partial charge in [-0.15, -0.1) is 0 Å². The van der Waals surface area contributed by atoms with Crippen molar-refractivity contribution in [1.82, 2.24) is 0 Å². The van der Waals surface area contributed by atoms with Gasteiger partial charge in [0, 0.05) is 5.69 Å². The van der Waals surface area contributed by atoms with Gasteiger partial charge in [0.1, 0.15) is 18.1 Å². The van der Waals surface area contributed by atoms with Crippen molar-refractivity contribution < 1.29 is 14.3 Å². The highest BCUT2D eigenvalue weighted by Crippen LogP contribution is 2.21. The standard InChI is InChI=1S/C24H31NO3/c1-4-5-6-7-10-17-27-21-15-13-20(14-16-21)25-24(26)22-11-8-9-12-23(22)28-18-19(2)3/h8-9,11-16H,2,4-7,10,17-18H2,1,3H3,(H,25,26). The van der Waals surface area contributed by atoms with E-state index in [2.05, 4.69) is 18.8 Å². The molecule has 0 aliphatic carbocycles. The first-order chi connectivity index (χ1) is 13.6. The molecule has 4 heteroatoms. The van der Waals surface area contributed by atoms with Crippen LogP contribution in [-0.4, -0.2) is 19.1 Å². The summed E-state index contributed by atoms with van der Waals surface area (Å²) in [5.41, 5.74) is 2.11. The first kappa shape index (κ1) is 21.5. The molecule has 2 aromatic carbocycles. The van der Waals surface area contributed by atoms with Gasteiger partial charge >= 0.3 is 0 Å². The third kappa shape index (κ3) is 7.47. The van der Waals surface area contributed by atoms with Gasteiger partial charge in [0.2, 0.25) is 0 Å². The van der Waals surface area contributed by atoms with E-state index in [0.717, 1.165) is 30.0 Å². The van der Waals surface area contributed by atoms with Crippen LogP contribution in [0.15, 0.2) is 60.7 Å². The molecule has 0 heterocycles. The molecule has 0 aromatic heterocycles. The molecule has 2 rings (SSSR count). The van der Waals surface area contributed by atoms with Crippen molar-refractivity contribution in [1.29, 1.82) is 0 Å². The Labute approximate surface area is 168 Å². The second-order valence-electron chi connectivity index (χ2n) is 6.98. The number of para-hydroxylation sites is 1. The molecule has 0 fully saturated rings. The number of hydrogen-bond donors (Lipinski definition) is 1. The Kier molecular flexibility index (Phi) is 9.13. The zero-order chi connectivity index (χ0) is 20.2. The van der Waals surface area contributed by atoms with E-state index >= 15 is 0 Å². The maximum atomic E-state index is 12.6. The lowest BCUT2D eigenvalue weighted by Crippen LogP contribution is -2.14. The Morgan fingerprint density at radius 1 is 0.964 bits per heavy atom. The highest BCUT2D eigenvalue weighted by atomic mass is 16.5. The van der Waals surface area contributed by atoms with Crippen LogP contribution in [-0.2, 0) is 0 Å². The van der Waals surface area contributed by atoms with Crippen molar-refractivity contribution >= 4 is 11.6 Å². The Hall–Kier alpha value is -2.75. The first-order valence-electron chi connectivity index (χ1n) is 10.0. The molecule has 4 nitrogen and oxygen atoms in total. The summed E-state index contributed by atoms with van der Waals surface area (Å²) in [6.45, 7) is 9.03. The molecule has 28 heavy (non-hydrogen) atoms. The lowest BCUT2D eigenvalue weighted by Gasteiger charge is -2.12. The van der Waals surface area contributed by atoms with Gasteiger partial charge in [0.05, 0.1) is 12.2 Å².